The van der Waals surface area contributed by atoms with Crippen LogP contribution in [0.5, 0.6) is 0 Å². The molecule has 1 aliphatic rings. The number of halogens is 3. The van der Waals surface area contributed by atoms with Gasteiger partial charge in [-0.1, -0.05) is 12.6 Å². The van der Waals surface area contributed by atoms with Gasteiger partial charge < -0.3 is 15.0 Å². The van der Waals surface area contributed by atoms with E-state index in [1.165, 1.54) is 12.4 Å². The molecular formula is C27H24F3N7O3. The molecule has 1 fully saturated rings. The number of anilines is 1. The van der Waals surface area contributed by atoms with Gasteiger partial charge in [-0.05, 0) is 45.0 Å². The maximum atomic E-state index is 15.7. The maximum absolute atomic E-state index is 15.7. The zero-order valence-corrected chi connectivity index (χ0v) is 21.9. The van der Waals surface area contributed by atoms with E-state index in [1.807, 2.05) is 0 Å². The van der Waals surface area contributed by atoms with Crippen molar-refractivity contribution in [2.45, 2.75) is 26.8 Å². The van der Waals surface area contributed by atoms with Gasteiger partial charge in [-0.2, -0.15) is 4.98 Å². The Morgan fingerprint density at radius 1 is 1.12 bits per heavy atom. The zero-order valence-electron chi connectivity index (χ0n) is 21.9. The number of hydrogen-bond acceptors (Lipinski definition) is 7. The van der Waals surface area contributed by atoms with Crippen molar-refractivity contribution in [3.05, 3.63) is 87.8 Å². The van der Waals surface area contributed by atoms with E-state index in [1.54, 1.807) is 30.6 Å². The summed E-state index contributed by atoms with van der Waals surface area (Å²) < 4.78 is 46.2. The monoisotopic (exact) mass is 551 g/mol. The number of nitrogens with zero attached hydrogens (tertiary/aromatic N) is 7. The molecule has 40 heavy (non-hydrogen) atoms. The smallest absolute Gasteiger partial charge is 0.442 e. The second kappa shape index (κ2) is 10.1. The molecular weight excluding hydrogens is 527 g/mol. The molecule has 0 unspecified atom stereocenters. The van der Waals surface area contributed by atoms with Crippen LogP contribution in [0.4, 0.5) is 19.0 Å². The minimum atomic E-state index is -1.22. The third kappa shape index (κ3) is 4.23. The van der Waals surface area contributed by atoms with Crippen molar-refractivity contribution in [2.75, 3.05) is 24.5 Å². The highest BCUT2D eigenvalue weighted by Gasteiger charge is 2.34. The highest BCUT2D eigenvalue weighted by Crippen LogP contribution is 2.32. The summed E-state index contributed by atoms with van der Waals surface area (Å²) in [5.41, 5.74) is -2.37. The lowest BCUT2D eigenvalue weighted by Crippen LogP contribution is -2.54. The van der Waals surface area contributed by atoms with Gasteiger partial charge in [0.2, 0.25) is 5.91 Å². The number of amides is 1. The molecule has 1 saturated heterocycles. The first-order chi connectivity index (χ1) is 19.0. The van der Waals surface area contributed by atoms with Gasteiger partial charge in [-0.15, -0.1) is 4.57 Å². The molecule has 1 amide bonds. The first-order valence-electron chi connectivity index (χ1n) is 12.3. The summed E-state index contributed by atoms with van der Waals surface area (Å²) in [5.74, 6) is -3.80. The van der Waals surface area contributed by atoms with Crippen LogP contribution in [0.15, 0.2) is 48.0 Å². The number of aromatic nitrogens is 5. The van der Waals surface area contributed by atoms with Crippen LogP contribution in [-0.2, 0) is 4.79 Å². The minimum Gasteiger partial charge on any atom is -0.710 e. The fourth-order valence-electron chi connectivity index (χ4n) is 5.12. The third-order valence-electron chi connectivity index (χ3n) is 6.98. The minimum absolute atomic E-state index is 0.00672. The summed E-state index contributed by atoms with van der Waals surface area (Å²) in [5, 5.41) is 13.9. The fourth-order valence-corrected chi connectivity index (χ4v) is 5.12. The van der Waals surface area contributed by atoms with E-state index >= 15 is 4.39 Å². The summed E-state index contributed by atoms with van der Waals surface area (Å²) in [4.78, 5) is 41.5. The highest BCUT2D eigenvalue weighted by atomic mass is 19.1. The van der Waals surface area contributed by atoms with E-state index in [4.69, 9.17) is 0 Å². The fraction of sp³-hybridized carbons (Fsp3) is 0.259. The molecule has 0 bridgehead atoms. The lowest BCUT2D eigenvalue weighted by atomic mass is 10.1. The van der Waals surface area contributed by atoms with Gasteiger partial charge in [-0.3, -0.25) is 4.79 Å². The topological polar surface area (TPSA) is 111 Å². The van der Waals surface area contributed by atoms with Crippen molar-refractivity contribution in [1.29, 1.82) is 0 Å². The summed E-state index contributed by atoms with van der Waals surface area (Å²) in [7, 11) is 0. The van der Waals surface area contributed by atoms with Gasteiger partial charge in [0.05, 0.1) is 17.0 Å². The van der Waals surface area contributed by atoms with Crippen molar-refractivity contribution in [3.63, 3.8) is 0 Å². The molecule has 1 atom stereocenters. The van der Waals surface area contributed by atoms with Crippen molar-refractivity contribution in [1.82, 2.24) is 24.4 Å². The van der Waals surface area contributed by atoms with Crippen LogP contribution in [-0.4, -0.2) is 56.0 Å². The average Bonchev–Trinajstić information content (AvgIpc) is 2.90. The van der Waals surface area contributed by atoms with Gasteiger partial charge in [0.15, 0.2) is 23.0 Å². The summed E-state index contributed by atoms with van der Waals surface area (Å²) in [6.07, 6.45) is 2.48. The van der Waals surface area contributed by atoms with Gasteiger partial charge in [-0.25, -0.2) is 32.7 Å². The molecule has 5 rings (SSSR count). The van der Waals surface area contributed by atoms with E-state index in [0.29, 0.717) is 11.4 Å². The van der Waals surface area contributed by atoms with E-state index in [-0.39, 0.29) is 53.2 Å². The standard InChI is InChI=1S/C27H24F3N7O3/c1-5-21(38)34-9-10-35(14(2)12-34)25-17-11-20(30)24(22-18(28)7-6-8-19(22)29)37(40)26(17)36(27(39)33-25)23-15(3)31-13-32-16(23)4/h5-8,11,13-14H,1,9-10,12H2,2-4H3/t14-/m0/s1. The first-order valence-corrected chi connectivity index (χ1v) is 12.3. The Kier molecular flexibility index (Phi) is 6.74. The van der Waals surface area contributed by atoms with Crippen molar-refractivity contribution >= 4 is 22.8 Å². The molecule has 4 aromatic rings. The van der Waals surface area contributed by atoms with Crippen LogP contribution in [0.3, 0.4) is 0 Å². The number of carbonyl (C=O) groups is 1. The van der Waals surface area contributed by atoms with Crippen LogP contribution in [0, 0.1) is 36.5 Å². The molecule has 1 aliphatic heterocycles. The number of carbonyl (C=O) groups excluding carboxylic acids is 1. The van der Waals surface area contributed by atoms with Crippen LogP contribution in [0.1, 0.15) is 18.3 Å². The highest BCUT2D eigenvalue weighted by molar-refractivity contribution is 5.89. The van der Waals surface area contributed by atoms with Crippen molar-refractivity contribution in [2.24, 2.45) is 0 Å². The Hall–Kier alpha value is -4.81. The molecule has 10 nitrogen and oxygen atoms in total. The van der Waals surface area contributed by atoms with Gasteiger partial charge in [0, 0.05) is 25.7 Å². The molecule has 0 radical (unpaired) electrons. The molecule has 13 heteroatoms. The second-order valence-corrected chi connectivity index (χ2v) is 9.45. The van der Waals surface area contributed by atoms with E-state index in [0.717, 1.165) is 28.8 Å². The quantitative estimate of drug-likeness (QED) is 0.218. The molecule has 0 aliphatic carbocycles. The Labute approximate surface area is 226 Å². The number of hydrogen-bond donors (Lipinski definition) is 0. The van der Waals surface area contributed by atoms with Gasteiger partial charge in [0.25, 0.3) is 0 Å². The van der Waals surface area contributed by atoms with Crippen molar-refractivity contribution in [3.8, 4) is 16.9 Å². The zero-order chi connectivity index (χ0) is 28.9. The Morgan fingerprint density at radius 3 is 2.38 bits per heavy atom. The molecule has 3 aromatic heterocycles. The van der Waals surface area contributed by atoms with Gasteiger partial charge in [0.1, 0.15) is 23.3 Å². The second-order valence-electron chi connectivity index (χ2n) is 9.45. The maximum Gasteiger partial charge on any atom is 0.442 e. The van der Waals surface area contributed by atoms with E-state index in [2.05, 4.69) is 21.5 Å². The molecule has 4 heterocycles. The summed E-state index contributed by atoms with van der Waals surface area (Å²) in [6, 6.07) is 3.44. The third-order valence-corrected chi connectivity index (χ3v) is 6.98. The lowest BCUT2D eigenvalue weighted by Gasteiger charge is -2.40. The first kappa shape index (κ1) is 26.8. The number of aryl methyl sites for hydroxylation is 2. The SMILES string of the molecule is C=CC(=O)N1CCN(c2nc(=O)n(-c3c(C)ncnc3C)c3c2cc(F)c(-c2c(F)cccc2F)[n+]3[O-])[C@@H](C)C1. The molecule has 0 spiro atoms. The molecule has 0 saturated carbocycles. The Balaban J connectivity index is 1.86. The summed E-state index contributed by atoms with van der Waals surface area (Å²) >= 11 is 0. The normalized spacial score (nSPS) is 15.5. The van der Waals surface area contributed by atoms with Crippen LogP contribution >= 0.6 is 0 Å². The lowest BCUT2D eigenvalue weighted by molar-refractivity contribution is -0.569. The number of fused-ring (bicyclic) bond motifs is 1. The molecule has 1 aromatic carbocycles. The number of benzene rings is 1. The van der Waals surface area contributed by atoms with Gasteiger partial charge >= 0.3 is 11.3 Å². The number of rotatable bonds is 4. The number of pyridine rings is 1. The van der Waals surface area contributed by atoms with E-state index in [9.17, 15) is 23.6 Å². The van der Waals surface area contributed by atoms with Crippen LogP contribution in [0.25, 0.3) is 28.0 Å². The Bertz CT molecular complexity index is 1720. The van der Waals surface area contributed by atoms with Crippen LogP contribution in [0.2, 0.25) is 0 Å². The molecule has 206 valence electrons. The summed E-state index contributed by atoms with van der Waals surface area (Å²) in [6.45, 7) is 9.18. The molecule has 0 N–H and O–H groups in total. The number of piperazine rings is 1. The van der Waals surface area contributed by atoms with Crippen molar-refractivity contribution < 1.29 is 22.7 Å². The largest absolute Gasteiger partial charge is 0.710 e. The predicted octanol–water partition coefficient (Wildman–Crippen LogP) is 2.73. The average molecular weight is 552 g/mol. The Morgan fingerprint density at radius 2 is 1.77 bits per heavy atom. The predicted molar refractivity (Wildman–Crippen MR) is 140 cm³/mol. The van der Waals surface area contributed by atoms with Crippen LogP contribution < -0.4 is 15.3 Å². The van der Waals surface area contributed by atoms with E-state index < -0.39 is 40.0 Å².